The molecule has 2 heteroatoms. The quantitative estimate of drug-likeness (QED) is 0.892. The van der Waals surface area contributed by atoms with Gasteiger partial charge in [0, 0.05) is 12.6 Å². The Morgan fingerprint density at radius 3 is 2.58 bits per heavy atom. The maximum atomic E-state index is 3.50. The van der Waals surface area contributed by atoms with Crippen molar-refractivity contribution in [2.75, 3.05) is 20.1 Å². The van der Waals surface area contributed by atoms with Crippen LogP contribution in [0, 0.1) is 0 Å². The summed E-state index contributed by atoms with van der Waals surface area (Å²) in [6.07, 6.45) is 6.73. The molecule has 1 aliphatic heterocycles. The first-order valence-corrected chi connectivity index (χ1v) is 7.83. The van der Waals surface area contributed by atoms with Gasteiger partial charge in [-0.05, 0) is 69.3 Å². The van der Waals surface area contributed by atoms with Crippen LogP contribution >= 0.6 is 0 Å². The molecular formula is C17H26N2. The Kier molecular flexibility index (Phi) is 4.19. The number of hydrogen-bond acceptors (Lipinski definition) is 2. The highest BCUT2D eigenvalue weighted by molar-refractivity contribution is 5.28. The van der Waals surface area contributed by atoms with Gasteiger partial charge in [0.2, 0.25) is 0 Å². The highest BCUT2D eigenvalue weighted by Crippen LogP contribution is 2.39. The van der Waals surface area contributed by atoms with Gasteiger partial charge in [-0.25, -0.2) is 0 Å². The van der Waals surface area contributed by atoms with Crippen LogP contribution in [0.5, 0.6) is 0 Å². The van der Waals surface area contributed by atoms with E-state index in [2.05, 4.69) is 41.5 Å². The third kappa shape index (κ3) is 3.58. The van der Waals surface area contributed by atoms with Crippen LogP contribution in [0.25, 0.3) is 0 Å². The fraction of sp³-hybridized carbons (Fsp3) is 0.647. The molecule has 1 N–H and O–H groups in total. The largest absolute Gasteiger partial charge is 0.317 e. The lowest BCUT2D eigenvalue weighted by Gasteiger charge is -2.27. The van der Waals surface area contributed by atoms with E-state index in [0.29, 0.717) is 0 Å². The highest BCUT2D eigenvalue weighted by atomic mass is 15.1. The van der Waals surface area contributed by atoms with Crippen LogP contribution in [0.1, 0.15) is 49.1 Å². The number of benzene rings is 1. The van der Waals surface area contributed by atoms with Crippen LogP contribution in [0.2, 0.25) is 0 Å². The zero-order chi connectivity index (χ0) is 13.1. The first-order valence-electron chi connectivity index (χ1n) is 7.83. The first kappa shape index (κ1) is 13.1. The lowest BCUT2D eigenvalue weighted by Crippen LogP contribution is -2.31. The van der Waals surface area contributed by atoms with Crippen molar-refractivity contribution in [1.82, 2.24) is 10.2 Å². The van der Waals surface area contributed by atoms with E-state index in [0.717, 1.165) is 18.5 Å². The van der Waals surface area contributed by atoms with Gasteiger partial charge in [-0.2, -0.15) is 0 Å². The molecule has 104 valence electrons. The van der Waals surface area contributed by atoms with Gasteiger partial charge in [-0.3, -0.25) is 4.90 Å². The SMILES string of the molecule is CN(Cc1ccc(C2CC2)cc1)C1CCCNCC1. The van der Waals surface area contributed by atoms with Crippen molar-refractivity contribution in [3.63, 3.8) is 0 Å². The second-order valence-electron chi connectivity index (χ2n) is 6.27. The predicted molar refractivity (Wildman–Crippen MR) is 80.4 cm³/mol. The average molecular weight is 258 g/mol. The van der Waals surface area contributed by atoms with E-state index in [-0.39, 0.29) is 0 Å². The summed E-state index contributed by atoms with van der Waals surface area (Å²) in [6.45, 7) is 3.46. The maximum absolute atomic E-state index is 3.50. The molecule has 1 aromatic carbocycles. The van der Waals surface area contributed by atoms with E-state index in [4.69, 9.17) is 0 Å². The minimum Gasteiger partial charge on any atom is -0.317 e. The fourth-order valence-corrected chi connectivity index (χ4v) is 3.17. The minimum atomic E-state index is 0.748. The van der Waals surface area contributed by atoms with Crippen molar-refractivity contribution in [1.29, 1.82) is 0 Å². The number of nitrogens with zero attached hydrogens (tertiary/aromatic N) is 1. The molecule has 0 spiro atoms. The Balaban J connectivity index is 1.56. The normalized spacial score (nSPS) is 24.4. The third-order valence-electron chi connectivity index (χ3n) is 4.63. The zero-order valence-electron chi connectivity index (χ0n) is 12.1. The van der Waals surface area contributed by atoms with Crippen molar-refractivity contribution in [3.8, 4) is 0 Å². The average Bonchev–Trinajstić information content (AvgIpc) is 3.26. The summed E-state index contributed by atoms with van der Waals surface area (Å²) >= 11 is 0. The van der Waals surface area contributed by atoms with Crippen LogP contribution in [0.15, 0.2) is 24.3 Å². The molecule has 1 atom stereocenters. The van der Waals surface area contributed by atoms with E-state index < -0.39 is 0 Å². The van der Waals surface area contributed by atoms with Gasteiger partial charge >= 0.3 is 0 Å². The van der Waals surface area contributed by atoms with E-state index in [1.54, 1.807) is 5.56 Å². The molecule has 0 radical (unpaired) electrons. The van der Waals surface area contributed by atoms with Gasteiger partial charge < -0.3 is 5.32 Å². The summed E-state index contributed by atoms with van der Waals surface area (Å²) in [6, 6.07) is 10.1. The van der Waals surface area contributed by atoms with Crippen LogP contribution in [-0.4, -0.2) is 31.1 Å². The molecule has 2 aliphatic rings. The van der Waals surface area contributed by atoms with Crippen LogP contribution in [0.4, 0.5) is 0 Å². The summed E-state index contributed by atoms with van der Waals surface area (Å²) in [5.74, 6) is 0.875. The van der Waals surface area contributed by atoms with Crippen molar-refractivity contribution in [2.24, 2.45) is 0 Å². The van der Waals surface area contributed by atoms with Gasteiger partial charge in [0.05, 0.1) is 0 Å². The third-order valence-corrected chi connectivity index (χ3v) is 4.63. The van der Waals surface area contributed by atoms with Gasteiger partial charge in [-0.15, -0.1) is 0 Å². The molecule has 1 heterocycles. The molecule has 1 aromatic rings. The van der Waals surface area contributed by atoms with Gasteiger partial charge in [0.25, 0.3) is 0 Å². The number of nitrogens with one attached hydrogen (secondary N) is 1. The molecule has 1 unspecified atom stereocenters. The van der Waals surface area contributed by atoms with Crippen LogP contribution in [-0.2, 0) is 6.54 Å². The van der Waals surface area contributed by atoms with E-state index >= 15 is 0 Å². The predicted octanol–water partition coefficient (Wildman–Crippen LogP) is 3.14. The Hall–Kier alpha value is -0.860. The molecule has 0 bridgehead atoms. The second-order valence-corrected chi connectivity index (χ2v) is 6.27. The summed E-state index contributed by atoms with van der Waals surface area (Å²) in [4.78, 5) is 2.54. The molecule has 2 fully saturated rings. The van der Waals surface area contributed by atoms with Crippen molar-refractivity contribution < 1.29 is 0 Å². The molecule has 1 aliphatic carbocycles. The van der Waals surface area contributed by atoms with Crippen LogP contribution < -0.4 is 5.32 Å². The summed E-state index contributed by atoms with van der Waals surface area (Å²) in [7, 11) is 2.28. The molecule has 1 saturated carbocycles. The molecule has 0 aromatic heterocycles. The Labute approximate surface area is 117 Å². The summed E-state index contributed by atoms with van der Waals surface area (Å²) in [5.41, 5.74) is 3.01. The van der Waals surface area contributed by atoms with Gasteiger partial charge in [-0.1, -0.05) is 24.3 Å². The lowest BCUT2D eigenvalue weighted by atomic mass is 10.1. The number of hydrogen-bond donors (Lipinski definition) is 1. The first-order chi connectivity index (χ1) is 9.33. The van der Waals surface area contributed by atoms with Gasteiger partial charge in [0.1, 0.15) is 0 Å². The molecule has 0 amide bonds. The van der Waals surface area contributed by atoms with E-state index in [9.17, 15) is 0 Å². The maximum Gasteiger partial charge on any atom is 0.0233 e. The molecular weight excluding hydrogens is 232 g/mol. The Morgan fingerprint density at radius 1 is 1.05 bits per heavy atom. The fourth-order valence-electron chi connectivity index (χ4n) is 3.17. The smallest absolute Gasteiger partial charge is 0.0233 e. The van der Waals surface area contributed by atoms with Crippen molar-refractivity contribution in [2.45, 2.75) is 50.6 Å². The zero-order valence-corrected chi connectivity index (χ0v) is 12.1. The Morgan fingerprint density at radius 2 is 1.84 bits per heavy atom. The lowest BCUT2D eigenvalue weighted by molar-refractivity contribution is 0.216. The highest BCUT2D eigenvalue weighted by Gasteiger charge is 2.23. The topological polar surface area (TPSA) is 15.3 Å². The van der Waals surface area contributed by atoms with Gasteiger partial charge in [0.15, 0.2) is 0 Å². The monoisotopic (exact) mass is 258 g/mol. The summed E-state index contributed by atoms with van der Waals surface area (Å²) in [5, 5.41) is 3.50. The second kappa shape index (κ2) is 6.06. The molecule has 2 nitrogen and oxygen atoms in total. The standard InChI is InChI=1S/C17H26N2/c1-19(17-3-2-11-18-12-10-17)13-14-4-6-15(7-5-14)16-8-9-16/h4-7,16-18H,2-3,8-13H2,1H3. The van der Waals surface area contributed by atoms with E-state index in [1.165, 1.54) is 50.8 Å². The molecule has 3 rings (SSSR count). The molecule has 1 saturated heterocycles. The Bertz CT molecular complexity index is 386. The van der Waals surface area contributed by atoms with Crippen molar-refractivity contribution in [3.05, 3.63) is 35.4 Å². The number of rotatable bonds is 4. The summed E-state index contributed by atoms with van der Waals surface area (Å²) < 4.78 is 0. The van der Waals surface area contributed by atoms with E-state index in [1.807, 2.05) is 0 Å². The minimum absolute atomic E-state index is 0.748. The van der Waals surface area contributed by atoms with Crippen LogP contribution in [0.3, 0.4) is 0 Å². The molecule has 19 heavy (non-hydrogen) atoms. The van der Waals surface area contributed by atoms with Crippen molar-refractivity contribution >= 4 is 0 Å².